The molecule has 1 aromatic heterocycles. The average molecular weight is 492 g/mol. The Labute approximate surface area is 206 Å². The Morgan fingerprint density at radius 1 is 0.944 bits per heavy atom. The molecule has 2 heterocycles. The van der Waals surface area contributed by atoms with E-state index in [9.17, 15) is 28.6 Å². The highest BCUT2D eigenvalue weighted by Gasteiger charge is 2.41. The first-order valence-corrected chi connectivity index (χ1v) is 12.5. The van der Waals surface area contributed by atoms with Crippen molar-refractivity contribution in [2.45, 2.75) is 64.3 Å². The van der Waals surface area contributed by atoms with Gasteiger partial charge in [-0.1, -0.05) is 6.92 Å². The largest absolute Gasteiger partial charge is 0.507 e. The molecule has 0 unspecified atom stereocenters. The smallest absolute Gasteiger partial charge is 0.258 e. The van der Waals surface area contributed by atoms with Crippen LogP contribution in [-0.2, 0) is 24.1 Å². The number of ketones is 1. The van der Waals surface area contributed by atoms with Crippen molar-refractivity contribution in [3.05, 3.63) is 79.6 Å². The van der Waals surface area contributed by atoms with Crippen LogP contribution in [0, 0.1) is 17.6 Å². The first-order chi connectivity index (χ1) is 17.2. The molecule has 6 rings (SSSR count). The molecule has 2 aliphatic carbocycles. The summed E-state index contributed by atoms with van der Waals surface area (Å²) >= 11 is 0. The third kappa shape index (κ3) is 3.18. The molecule has 0 saturated carbocycles. The zero-order chi connectivity index (χ0) is 25.5. The molecule has 0 spiro atoms. The van der Waals surface area contributed by atoms with E-state index in [1.807, 2.05) is 13.8 Å². The van der Waals surface area contributed by atoms with E-state index in [0.29, 0.717) is 41.5 Å². The molecule has 0 fully saturated rings. The molecule has 7 heteroatoms. The minimum atomic E-state index is -0.484. The maximum absolute atomic E-state index is 14.4. The van der Waals surface area contributed by atoms with Crippen molar-refractivity contribution in [1.82, 2.24) is 4.57 Å². The summed E-state index contributed by atoms with van der Waals surface area (Å²) < 4.78 is 30.3. The molecular formula is C29H27F2NO4. The number of hydrogen-bond acceptors (Lipinski definition) is 4. The van der Waals surface area contributed by atoms with Crippen molar-refractivity contribution < 1.29 is 23.8 Å². The molecule has 2 aromatic carbocycles. The summed E-state index contributed by atoms with van der Waals surface area (Å²) in [5.74, 6) is -2.16. The lowest BCUT2D eigenvalue weighted by Gasteiger charge is -2.36. The molecule has 0 bridgehead atoms. The molecule has 186 valence electrons. The van der Waals surface area contributed by atoms with Crippen LogP contribution < -0.4 is 5.56 Å². The molecule has 2 N–H and O–H groups in total. The second-order valence-electron chi connectivity index (χ2n) is 10.6. The number of aromatic nitrogens is 1. The number of aliphatic hydroxyl groups excluding tert-OH is 1. The summed E-state index contributed by atoms with van der Waals surface area (Å²) in [6.45, 7) is 3.90. The normalized spacial score (nSPS) is 22.8. The van der Waals surface area contributed by atoms with E-state index in [2.05, 4.69) is 0 Å². The summed E-state index contributed by atoms with van der Waals surface area (Å²) in [6, 6.07) is 5.22. The third-order valence-corrected chi connectivity index (χ3v) is 8.41. The topological polar surface area (TPSA) is 79.5 Å². The lowest BCUT2D eigenvalue weighted by molar-refractivity contribution is -0.118. The van der Waals surface area contributed by atoms with Gasteiger partial charge < -0.3 is 14.8 Å². The van der Waals surface area contributed by atoms with Crippen molar-refractivity contribution in [3.8, 4) is 5.75 Å². The van der Waals surface area contributed by atoms with Gasteiger partial charge in [0.15, 0.2) is 5.78 Å². The molecule has 0 amide bonds. The van der Waals surface area contributed by atoms with Crippen molar-refractivity contribution >= 4 is 22.4 Å². The molecule has 3 aromatic rings. The number of benzene rings is 2. The first-order valence-electron chi connectivity index (χ1n) is 12.5. The minimum absolute atomic E-state index is 0.00400. The van der Waals surface area contributed by atoms with E-state index in [4.69, 9.17) is 0 Å². The summed E-state index contributed by atoms with van der Waals surface area (Å²) in [6.07, 6.45) is 2.66. The Kier molecular flexibility index (Phi) is 5.11. The first kappa shape index (κ1) is 23.0. The van der Waals surface area contributed by atoms with E-state index in [1.54, 1.807) is 4.57 Å². The number of aryl methyl sites for hydroxylation is 2. The summed E-state index contributed by atoms with van der Waals surface area (Å²) in [7, 11) is 0. The summed E-state index contributed by atoms with van der Waals surface area (Å²) in [5.41, 5.74) is 2.89. The van der Waals surface area contributed by atoms with E-state index in [1.165, 1.54) is 24.3 Å². The van der Waals surface area contributed by atoms with Gasteiger partial charge in [-0.2, -0.15) is 0 Å². The van der Waals surface area contributed by atoms with Crippen molar-refractivity contribution in [2.24, 2.45) is 5.92 Å². The molecule has 5 nitrogen and oxygen atoms in total. The Morgan fingerprint density at radius 2 is 1.64 bits per heavy atom. The van der Waals surface area contributed by atoms with Gasteiger partial charge in [-0.15, -0.1) is 0 Å². The van der Waals surface area contributed by atoms with E-state index in [0.717, 1.165) is 12.0 Å². The van der Waals surface area contributed by atoms with Crippen molar-refractivity contribution in [2.75, 3.05) is 0 Å². The minimum Gasteiger partial charge on any atom is -0.507 e. The number of rotatable bonds is 3. The van der Waals surface area contributed by atoms with E-state index < -0.39 is 17.6 Å². The highest BCUT2D eigenvalue weighted by Crippen LogP contribution is 2.47. The number of carbonyl (C=O) groups is 1. The van der Waals surface area contributed by atoms with Crippen molar-refractivity contribution in [1.29, 1.82) is 0 Å². The zero-order valence-corrected chi connectivity index (χ0v) is 20.2. The van der Waals surface area contributed by atoms with Crippen LogP contribution >= 0.6 is 0 Å². The number of halogens is 2. The zero-order valence-electron chi connectivity index (χ0n) is 20.2. The maximum atomic E-state index is 14.4. The molecule has 1 aliphatic heterocycles. The highest BCUT2D eigenvalue weighted by atomic mass is 19.1. The van der Waals surface area contributed by atoms with E-state index >= 15 is 0 Å². The van der Waals surface area contributed by atoms with Crippen LogP contribution in [0.5, 0.6) is 5.75 Å². The second-order valence-corrected chi connectivity index (χ2v) is 10.6. The molecule has 3 atom stereocenters. The standard InChI is InChI=1S/C29H27F2NO4/c1-13-3-5-15-9-17(30)11-21-24(15)23(13)28(35)19(26(21)33)7-8-20-27(34)22-12-18(31)10-16-6-4-14(2)32(25(16)22)29(20)36/h9-14,23,33-34H,3-8H2,1-2H3/t13-,14-,23+/m0/s1. The van der Waals surface area contributed by atoms with Gasteiger partial charge in [-0.25, -0.2) is 8.78 Å². The number of Topliss-reactive ketones (excluding diaryl/α,β-unsaturated/α-hetero) is 1. The number of allylic oxidation sites excluding steroid dienone is 1. The Morgan fingerprint density at radius 3 is 2.42 bits per heavy atom. The predicted molar refractivity (Wildman–Crippen MR) is 132 cm³/mol. The van der Waals surface area contributed by atoms with Gasteiger partial charge in [-0.05, 0) is 92.3 Å². The number of aliphatic hydroxyl groups is 1. The Hall–Kier alpha value is -3.48. The maximum Gasteiger partial charge on any atom is 0.258 e. The number of nitrogens with zero attached hydrogens (tertiary/aromatic N) is 1. The number of pyridine rings is 1. The lowest BCUT2D eigenvalue weighted by atomic mass is 9.67. The third-order valence-electron chi connectivity index (χ3n) is 8.41. The van der Waals surface area contributed by atoms with Crippen LogP contribution in [0.3, 0.4) is 0 Å². The number of aromatic hydroxyl groups is 1. The van der Waals surface area contributed by atoms with Crippen LogP contribution in [0.15, 0.2) is 34.6 Å². The molecule has 0 saturated heterocycles. The molecule has 3 aliphatic rings. The van der Waals surface area contributed by atoms with Gasteiger partial charge in [0.1, 0.15) is 23.1 Å². The van der Waals surface area contributed by atoms with Crippen LogP contribution in [0.1, 0.15) is 72.9 Å². The van der Waals surface area contributed by atoms with E-state index in [-0.39, 0.29) is 64.2 Å². The Bertz CT molecular complexity index is 1570. The van der Waals surface area contributed by atoms with Crippen LogP contribution in [0.25, 0.3) is 16.7 Å². The fourth-order valence-corrected chi connectivity index (χ4v) is 6.59. The van der Waals surface area contributed by atoms with Crippen LogP contribution in [-0.4, -0.2) is 20.6 Å². The average Bonchev–Trinajstić information content (AvgIpc) is 2.83. The van der Waals surface area contributed by atoms with Gasteiger partial charge in [0.2, 0.25) is 0 Å². The molecule has 36 heavy (non-hydrogen) atoms. The second kappa shape index (κ2) is 8.02. The molecule has 0 radical (unpaired) electrons. The van der Waals surface area contributed by atoms with Crippen LogP contribution in [0.2, 0.25) is 0 Å². The fraction of sp³-hybridized carbons (Fsp3) is 0.379. The SMILES string of the molecule is C[C@H]1CCc2cc(F)cc3c2[C@@H]1C(=O)C(CCc1c(O)c2cc(F)cc4c2n(c1=O)[C@@H](C)CC4)=C3O. The van der Waals surface area contributed by atoms with Gasteiger partial charge in [0, 0.05) is 22.6 Å². The fourth-order valence-electron chi connectivity index (χ4n) is 6.59. The molecular weight excluding hydrogens is 464 g/mol. The van der Waals surface area contributed by atoms with Gasteiger partial charge in [-0.3, -0.25) is 9.59 Å². The predicted octanol–water partition coefficient (Wildman–Crippen LogP) is 5.64. The van der Waals surface area contributed by atoms with Gasteiger partial charge >= 0.3 is 0 Å². The Balaban J connectivity index is 1.47. The number of hydrogen-bond donors (Lipinski definition) is 2. The summed E-state index contributed by atoms with van der Waals surface area (Å²) in [5, 5.41) is 22.4. The van der Waals surface area contributed by atoms with Gasteiger partial charge in [0.05, 0.1) is 17.0 Å². The monoisotopic (exact) mass is 491 g/mol. The number of carbonyl (C=O) groups excluding carboxylic acids is 1. The van der Waals surface area contributed by atoms with Gasteiger partial charge in [0.25, 0.3) is 5.56 Å². The lowest BCUT2D eigenvalue weighted by Crippen LogP contribution is -2.33. The quantitative estimate of drug-likeness (QED) is 0.497. The highest BCUT2D eigenvalue weighted by molar-refractivity contribution is 6.09. The summed E-state index contributed by atoms with van der Waals surface area (Å²) in [4.78, 5) is 27.1. The van der Waals surface area contributed by atoms with Crippen molar-refractivity contribution in [3.63, 3.8) is 0 Å². The van der Waals surface area contributed by atoms with Crippen LogP contribution in [0.4, 0.5) is 8.78 Å².